The van der Waals surface area contributed by atoms with Gasteiger partial charge in [0.25, 0.3) is 0 Å². The molecule has 1 atom stereocenters. The molecule has 4 nitrogen and oxygen atoms in total. The molecule has 0 aliphatic carbocycles. The van der Waals surface area contributed by atoms with Crippen molar-refractivity contribution in [1.82, 2.24) is 0 Å². The fraction of sp³-hybridized carbons (Fsp3) is 0.182. The van der Waals surface area contributed by atoms with Gasteiger partial charge >= 0.3 is 5.63 Å². The summed E-state index contributed by atoms with van der Waals surface area (Å²) in [4.78, 5) is 25.3. The lowest BCUT2D eigenvalue weighted by Crippen LogP contribution is -2.25. The van der Waals surface area contributed by atoms with Crippen molar-refractivity contribution >= 4 is 5.78 Å². The van der Waals surface area contributed by atoms with Crippen molar-refractivity contribution in [2.45, 2.75) is 25.9 Å². The summed E-state index contributed by atoms with van der Waals surface area (Å²) in [6.45, 7) is 1.64. The van der Waals surface area contributed by atoms with Gasteiger partial charge in [-0.05, 0) is 18.1 Å². The SMILES string of the molecule is Cc1oc(=O)c(Cc2ccccc2)c2c1C(=O)CC(c1ccccc1)O2. The summed E-state index contributed by atoms with van der Waals surface area (Å²) in [7, 11) is 0. The number of ketones is 1. The highest BCUT2D eigenvalue weighted by molar-refractivity contribution is 6.01. The highest BCUT2D eigenvalue weighted by Crippen LogP contribution is 2.38. The van der Waals surface area contributed by atoms with Crippen LogP contribution >= 0.6 is 0 Å². The first-order valence-electron chi connectivity index (χ1n) is 8.59. The highest BCUT2D eigenvalue weighted by Gasteiger charge is 2.33. The van der Waals surface area contributed by atoms with Crippen LogP contribution in [0.1, 0.15) is 45.3 Å². The van der Waals surface area contributed by atoms with E-state index in [4.69, 9.17) is 9.15 Å². The van der Waals surface area contributed by atoms with Crippen LogP contribution in [-0.4, -0.2) is 5.78 Å². The smallest absolute Gasteiger partial charge is 0.343 e. The lowest BCUT2D eigenvalue weighted by Gasteiger charge is -2.27. The Morgan fingerprint density at radius 3 is 2.31 bits per heavy atom. The molecule has 0 amide bonds. The van der Waals surface area contributed by atoms with Gasteiger partial charge in [-0.1, -0.05) is 60.7 Å². The number of benzene rings is 2. The fourth-order valence-electron chi connectivity index (χ4n) is 3.37. The van der Waals surface area contributed by atoms with Crippen molar-refractivity contribution < 1.29 is 13.9 Å². The van der Waals surface area contributed by atoms with Crippen LogP contribution in [0.25, 0.3) is 0 Å². The van der Waals surface area contributed by atoms with Crippen LogP contribution < -0.4 is 10.4 Å². The van der Waals surface area contributed by atoms with E-state index < -0.39 is 11.7 Å². The van der Waals surface area contributed by atoms with E-state index in [0.29, 0.717) is 29.1 Å². The van der Waals surface area contributed by atoms with E-state index >= 15 is 0 Å². The molecule has 3 aromatic rings. The molecule has 0 radical (unpaired) electrons. The van der Waals surface area contributed by atoms with Gasteiger partial charge in [0.05, 0.1) is 17.5 Å². The Labute approximate surface area is 151 Å². The van der Waals surface area contributed by atoms with Crippen LogP contribution in [0, 0.1) is 6.92 Å². The van der Waals surface area contributed by atoms with E-state index in [1.807, 2.05) is 60.7 Å². The first-order chi connectivity index (χ1) is 12.6. The quantitative estimate of drug-likeness (QED) is 0.711. The van der Waals surface area contributed by atoms with Crippen LogP contribution in [0.4, 0.5) is 0 Å². The van der Waals surface area contributed by atoms with Crippen LogP contribution in [0.5, 0.6) is 5.75 Å². The summed E-state index contributed by atoms with van der Waals surface area (Å²) >= 11 is 0. The predicted octanol–water partition coefficient (Wildman–Crippen LogP) is 4.25. The van der Waals surface area contributed by atoms with Gasteiger partial charge in [0.2, 0.25) is 0 Å². The maximum atomic E-state index is 12.8. The number of hydrogen-bond donors (Lipinski definition) is 0. The molecule has 0 fully saturated rings. The Bertz CT molecular complexity index is 1000. The molecular weight excluding hydrogens is 328 g/mol. The second-order valence-electron chi connectivity index (χ2n) is 6.44. The number of hydrogen-bond acceptors (Lipinski definition) is 4. The van der Waals surface area contributed by atoms with Crippen LogP contribution in [0.3, 0.4) is 0 Å². The molecule has 1 aliphatic heterocycles. The Kier molecular flexibility index (Phi) is 4.17. The summed E-state index contributed by atoms with van der Waals surface area (Å²) in [5.41, 5.74) is 2.21. The molecule has 2 heterocycles. The predicted molar refractivity (Wildman–Crippen MR) is 97.7 cm³/mol. The molecule has 130 valence electrons. The maximum absolute atomic E-state index is 12.8. The Hall–Kier alpha value is -3.14. The minimum absolute atomic E-state index is 0.0596. The van der Waals surface area contributed by atoms with Crippen LogP contribution in [0.2, 0.25) is 0 Å². The summed E-state index contributed by atoms with van der Waals surface area (Å²) in [6.07, 6.45) is 0.198. The molecule has 0 spiro atoms. The summed E-state index contributed by atoms with van der Waals surface area (Å²) in [5.74, 6) is 0.627. The minimum Gasteiger partial charge on any atom is -0.484 e. The summed E-state index contributed by atoms with van der Waals surface area (Å²) in [6, 6.07) is 19.2. The van der Waals surface area contributed by atoms with Gasteiger partial charge in [-0.2, -0.15) is 0 Å². The molecule has 1 aromatic heterocycles. The number of aryl methyl sites for hydroxylation is 1. The second kappa shape index (κ2) is 6.64. The zero-order valence-electron chi connectivity index (χ0n) is 14.4. The zero-order chi connectivity index (χ0) is 18.1. The van der Waals surface area contributed by atoms with Crippen molar-refractivity contribution in [3.8, 4) is 5.75 Å². The maximum Gasteiger partial charge on any atom is 0.343 e. The third kappa shape index (κ3) is 2.94. The van der Waals surface area contributed by atoms with E-state index in [-0.39, 0.29) is 12.2 Å². The van der Waals surface area contributed by atoms with Crippen LogP contribution in [0.15, 0.2) is 69.9 Å². The monoisotopic (exact) mass is 346 g/mol. The van der Waals surface area contributed by atoms with Crippen molar-refractivity contribution in [2.75, 3.05) is 0 Å². The van der Waals surface area contributed by atoms with Gasteiger partial charge in [0.1, 0.15) is 17.6 Å². The van der Waals surface area contributed by atoms with Gasteiger partial charge in [0.15, 0.2) is 5.78 Å². The molecule has 1 unspecified atom stereocenters. The van der Waals surface area contributed by atoms with Crippen molar-refractivity contribution in [1.29, 1.82) is 0 Å². The first-order valence-corrected chi connectivity index (χ1v) is 8.59. The van der Waals surface area contributed by atoms with Crippen LogP contribution in [-0.2, 0) is 6.42 Å². The van der Waals surface area contributed by atoms with E-state index in [1.165, 1.54) is 0 Å². The number of fused-ring (bicyclic) bond motifs is 1. The largest absolute Gasteiger partial charge is 0.484 e. The molecule has 2 aromatic carbocycles. The highest BCUT2D eigenvalue weighted by atomic mass is 16.5. The lowest BCUT2D eigenvalue weighted by atomic mass is 9.93. The lowest BCUT2D eigenvalue weighted by molar-refractivity contribution is 0.0838. The average molecular weight is 346 g/mol. The topological polar surface area (TPSA) is 56.5 Å². The van der Waals surface area contributed by atoms with E-state index in [9.17, 15) is 9.59 Å². The van der Waals surface area contributed by atoms with Gasteiger partial charge < -0.3 is 9.15 Å². The second-order valence-corrected chi connectivity index (χ2v) is 6.44. The Morgan fingerprint density at radius 2 is 1.62 bits per heavy atom. The van der Waals surface area contributed by atoms with E-state index in [0.717, 1.165) is 11.1 Å². The van der Waals surface area contributed by atoms with Crippen molar-refractivity contribution in [3.05, 3.63) is 99.1 Å². The Balaban J connectivity index is 1.81. The number of carbonyl (C=O) groups is 1. The summed E-state index contributed by atoms with van der Waals surface area (Å²) in [5, 5.41) is 0. The third-order valence-corrected chi connectivity index (χ3v) is 4.65. The molecule has 4 heteroatoms. The summed E-state index contributed by atoms with van der Waals surface area (Å²) < 4.78 is 11.5. The van der Waals surface area contributed by atoms with E-state index in [1.54, 1.807) is 6.92 Å². The number of ether oxygens (including phenoxy) is 1. The average Bonchev–Trinajstić information content (AvgIpc) is 2.66. The van der Waals surface area contributed by atoms with Gasteiger partial charge in [-0.25, -0.2) is 4.79 Å². The molecular formula is C22H18O4. The molecule has 0 saturated carbocycles. The molecule has 0 N–H and O–H groups in total. The van der Waals surface area contributed by atoms with Gasteiger partial charge in [0, 0.05) is 6.42 Å². The standard InChI is InChI=1S/C22H18O4/c1-14-20-18(23)13-19(16-10-6-3-7-11-16)26-21(20)17(22(24)25-14)12-15-8-4-2-5-9-15/h2-11,19H,12-13H2,1H3. The molecule has 0 bridgehead atoms. The molecule has 1 aliphatic rings. The molecule has 4 rings (SSSR count). The van der Waals surface area contributed by atoms with Crippen molar-refractivity contribution in [3.63, 3.8) is 0 Å². The number of Topliss-reactive ketones (excluding diaryl/α,β-unsaturated/α-hetero) is 1. The molecule has 26 heavy (non-hydrogen) atoms. The zero-order valence-corrected chi connectivity index (χ0v) is 14.4. The number of carbonyl (C=O) groups excluding carboxylic acids is 1. The van der Waals surface area contributed by atoms with Gasteiger partial charge in [-0.15, -0.1) is 0 Å². The van der Waals surface area contributed by atoms with E-state index in [2.05, 4.69) is 0 Å². The fourth-order valence-corrected chi connectivity index (χ4v) is 3.37. The van der Waals surface area contributed by atoms with Gasteiger partial charge in [-0.3, -0.25) is 4.79 Å². The number of rotatable bonds is 3. The Morgan fingerprint density at radius 1 is 0.962 bits per heavy atom. The molecule has 0 saturated heterocycles. The first kappa shape index (κ1) is 16.3. The van der Waals surface area contributed by atoms with Crippen molar-refractivity contribution in [2.24, 2.45) is 0 Å². The minimum atomic E-state index is -0.452. The normalized spacial score (nSPS) is 16.0. The third-order valence-electron chi connectivity index (χ3n) is 4.65.